The number of likely N-dealkylation sites (tertiary alicyclic amines) is 1. The molecule has 1 saturated heterocycles. The molecule has 1 aliphatic heterocycles. The molecule has 4 nitrogen and oxygen atoms in total. The molecule has 2 rings (SSSR count). The summed E-state index contributed by atoms with van der Waals surface area (Å²) in [7, 11) is 0. The molecule has 2 amide bonds. The number of hydrogen-bond donors (Lipinski definition) is 1. The maximum absolute atomic E-state index is 13.6. The van der Waals surface area contributed by atoms with Crippen LogP contribution in [-0.4, -0.2) is 28.8 Å². The maximum atomic E-state index is 13.6. The summed E-state index contributed by atoms with van der Waals surface area (Å²) in [6.45, 7) is 3.42. The summed E-state index contributed by atoms with van der Waals surface area (Å²) < 4.78 is 26.6. The first-order chi connectivity index (χ1) is 9.31. The minimum absolute atomic E-state index is 0.0792. The highest BCUT2D eigenvalue weighted by Gasteiger charge is 2.40. The Hall–Kier alpha value is -1.69. The fraction of sp³-hybridized carbons (Fsp3) is 0.385. The van der Waals surface area contributed by atoms with Crippen molar-refractivity contribution in [3.8, 4) is 0 Å². The Balaban J connectivity index is 2.24. The molecule has 1 unspecified atom stereocenters. The summed E-state index contributed by atoms with van der Waals surface area (Å²) in [5.41, 5.74) is -0.176. The van der Waals surface area contributed by atoms with E-state index in [4.69, 9.17) is 11.6 Å². The van der Waals surface area contributed by atoms with E-state index in [1.165, 1.54) is 0 Å². The van der Waals surface area contributed by atoms with Gasteiger partial charge in [0.25, 0.3) is 5.91 Å². The molecule has 7 heteroatoms. The lowest BCUT2D eigenvalue weighted by Gasteiger charge is -2.19. The first-order valence-corrected chi connectivity index (χ1v) is 6.46. The van der Waals surface area contributed by atoms with Gasteiger partial charge in [0.2, 0.25) is 5.91 Å². The van der Waals surface area contributed by atoms with E-state index in [-0.39, 0.29) is 29.1 Å². The fourth-order valence-electron chi connectivity index (χ4n) is 2.16. The number of halogens is 3. The predicted octanol–water partition coefficient (Wildman–Crippen LogP) is 2.57. The minimum Gasteiger partial charge on any atom is -0.370 e. The van der Waals surface area contributed by atoms with Gasteiger partial charge < -0.3 is 5.32 Å². The molecule has 1 N–H and O–H groups in total. The van der Waals surface area contributed by atoms with Gasteiger partial charge in [0.1, 0.15) is 11.9 Å². The third-order valence-electron chi connectivity index (χ3n) is 3.02. The molecule has 1 atom stereocenters. The van der Waals surface area contributed by atoms with Crippen LogP contribution in [0, 0.1) is 11.6 Å². The lowest BCUT2D eigenvalue weighted by atomic mass is 10.2. The van der Waals surface area contributed by atoms with Gasteiger partial charge in [0, 0.05) is 12.1 Å². The summed E-state index contributed by atoms with van der Waals surface area (Å²) in [6.07, 6.45) is -0.0792. The Morgan fingerprint density at radius 3 is 2.50 bits per heavy atom. The Morgan fingerprint density at radius 1 is 1.35 bits per heavy atom. The molecular formula is C13H13ClF2N2O2. The van der Waals surface area contributed by atoms with Crippen LogP contribution >= 0.6 is 11.6 Å². The standard InChI is InChI=1S/C13H13ClF2N2O2/c1-6(2)18-11(19)5-10(13(18)20)17-12-8(14)3-7(15)4-9(12)16/h3-4,6,10,17H,5H2,1-2H3. The zero-order chi connectivity index (χ0) is 15.0. The van der Waals surface area contributed by atoms with E-state index in [1.54, 1.807) is 13.8 Å². The van der Waals surface area contributed by atoms with Gasteiger partial charge in [-0.25, -0.2) is 8.78 Å². The average Bonchev–Trinajstić information content (AvgIpc) is 2.58. The fourth-order valence-corrected chi connectivity index (χ4v) is 2.41. The van der Waals surface area contributed by atoms with Crippen LogP contribution in [-0.2, 0) is 9.59 Å². The van der Waals surface area contributed by atoms with Gasteiger partial charge >= 0.3 is 0 Å². The lowest BCUT2D eigenvalue weighted by molar-refractivity contribution is -0.140. The number of imide groups is 1. The van der Waals surface area contributed by atoms with Crippen molar-refractivity contribution in [1.82, 2.24) is 4.90 Å². The highest BCUT2D eigenvalue weighted by atomic mass is 35.5. The number of carbonyl (C=O) groups is 2. The normalized spacial score (nSPS) is 19.1. The van der Waals surface area contributed by atoms with E-state index in [9.17, 15) is 18.4 Å². The molecule has 1 aromatic carbocycles. The quantitative estimate of drug-likeness (QED) is 0.873. The van der Waals surface area contributed by atoms with Crippen LogP contribution in [0.1, 0.15) is 20.3 Å². The zero-order valence-corrected chi connectivity index (χ0v) is 11.7. The zero-order valence-electron chi connectivity index (χ0n) is 10.9. The van der Waals surface area contributed by atoms with Crippen molar-refractivity contribution in [3.05, 3.63) is 28.8 Å². The van der Waals surface area contributed by atoms with Crippen molar-refractivity contribution in [2.75, 3.05) is 5.32 Å². The molecular weight excluding hydrogens is 290 g/mol. The number of carbonyl (C=O) groups excluding carboxylic acids is 2. The largest absolute Gasteiger partial charge is 0.370 e. The smallest absolute Gasteiger partial charge is 0.252 e. The molecule has 0 radical (unpaired) electrons. The Morgan fingerprint density at radius 2 is 2.00 bits per heavy atom. The van der Waals surface area contributed by atoms with Crippen molar-refractivity contribution >= 4 is 29.1 Å². The Bertz CT molecular complexity index is 554. The summed E-state index contributed by atoms with van der Waals surface area (Å²) in [4.78, 5) is 24.9. The summed E-state index contributed by atoms with van der Waals surface area (Å²) >= 11 is 5.74. The van der Waals surface area contributed by atoms with Gasteiger partial charge in [0.15, 0.2) is 5.82 Å². The number of nitrogens with zero attached hydrogens (tertiary/aromatic N) is 1. The highest BCUT2D eigenvalue weighted by molar-refractivity contribution is 6.33. The first kappa shape index (κ1) is 14.7. The lowest BCUT2D eigenvalue weighted by Crippen LogP contribution is -2.39. The number of anilines is 1. The number of benzene rings is 1. The van der Waals surface area contributed by atoms with Crippen LogP contribution in [0.3, 0.4) is 0 Å². The third-order valence-corrected chi connectivity index (χ3v) is 3.32. The van der Waals surface area contributed by atoms with Crippen molar-refractivity contribution in [3.63, 3.8) is 0 Å². The van der Waals surface area contributed by atoms with Crippen LogP contribution < -0.4 is 5.32 Å². The molecule has 0 saturated carbocycles. The van der Waals surface area contributed by atoms with Crippen LogP contribution in [0.5, 0.6) is 0 Å². The van der Waals surface area contributed by atoms with E-state index >= 15 is 0 Å². The molecule has 108 valence electrons. The van der Waals surface area contributed by atoms with Gasteiger partial charge in [-0.2, -0.15) is 0 Å². The second kappa shape index (κ2) is 5.36. The van der Waals surface area contributed by atoms with E-state index in [0.29, 0.717) is 6.07 Å². The molecule has 20 heavy (non-hydrogen) atoms. The molecule has 1 fully saturated rings. The van der Waals surface area contributed by atoms with Crippen LogP contribution in [0.4, 0.5) is 14.5 Å². The number of amides is 2. The van der Waals surface area contributed by atoms with E-state index < -0.39 is 23.6 Å². The van der Waals surface area contributed by atoms with Gasteiger partial charge in [-0.1, -0.05) is 11.6 Å². The molecule has 0 bridgehead atoms. The molecule has 1 aromatic rings. The molecule has 1 heterocycles. The van der Waals surface area contributed by atoms with Crippen molar-refractivity contribution < 1.29 is 18.4 Å². The Labute approximate surface area is 119 Å². The van der Waals surface area contributed by atoms with Gasteiger partial charge in [0.05, 0.1) is 17.1 Å². The van der Waals surface area contributed by atoms with E-state index in [1.807, 2.05) is 0 Å². The van der Waals surface area contributed by atoms with E-state index in [2.05, 4.69) is 5.32 Å². The summed E-state index contributed by atoms with van der Waals surface area (Å²) in [5, 5.41) is 2.41. The van der Waals surface area contributed by atoms with E-state index in [0.717, 1.165) is 11.0 Å². The monoisotopic (exact) mass is 302 g/mol. The van der Waals surface area contributed by atoms with Crippen molar-refractivity contribution in [2.45, 2.75) is 32.4 Å². The molecule has 0 aliphatic carbocycles. The number of rotatable bonds is 3. The molecule has 1 aliphatic rings. The molecule has 0 spiro atoms. The minimum atomic E-state index is -0.904. The maximum Gasteiger partial charge on any atom is 0.252 e. The predicted molar refractivity (Wildman–Crippen MR) is 70.4 cm³/mol. The molecule has 0 aromatic heterocycles. The third kappa shape index (κ3) is 2.60. The summed E-state index contributed by atoms with van der Waals surface area (Å²) in [6, 6.07) is 0.446. The highest BCUT2D eigenvalue weighted by Crippen LogP contribution is 2.29. The van der Waals surface area contributed by atoms with Gasteiger partial charge in [-0.05, 0) is 19.9 Å². The van der Waals surface area contributed by atoms with Crippen LogP contribution in [0.15, 0.2) is 12.1 Å². The van der Waals surface area contributed by atoms with Gasteiger partial charge in [-0.15, -0.1) is 0 Å². The second-order valence-electron chi connectivity index (χ2n) is 4.84. The number of hydrogen-bond acceptors (Lipinski definition) is 3. The Kier molecular flexibility index (Phi) is 3.94. The number of nitrogens with one attached hydrogen (secondary N) is 1. The van der Waals surface area contributed by atoms with Crippen molar-refractivity contribution in [1.29, 1.82) is 0 Å². The summed E-state index contributed by atoms with van der Waals surface area (Å²) in [5.74, 6) is -2.49. The SMILES string of the molecule is CC(C)N1C(=O)CC(Nc2c(F)cc(F)cc2Cl)C1=O. The van der Waals surface area contributed by atoms with Crippen LogP contribution in [0.2, 0.25) is 5.02 Å². The first-order valence-electron chi connectivity index (χ1n) is 6.08. The van der Waals surface area contributed by atoms with Crippen LogP contribution in [0.25, 0.3) is 0 Å². The van der Waals surface area contributed by atoms with Crippen molar-refractivity contribution in [2.24, 2.45) is 0 Å². The van der Waals surface area contributed by atoms with Gasteiger partial charge in [-0.3, -0.25) is 14.5 Å². The second-order valence-corrected chi connectivity index (χ2v) is 5.25. The topological polar surface area (TPSA) is 49.4 Å². The average molecular weight is 303 g/mol.